The van der Waals surface area contributed by atoms with Crippen molar-refractivity contribution in [2.24, 2.45) is 0 Å². The summed E-state index contributed by atoms with van der Waals surface area (Å²) in [6, 6.07) is 17.3. The summed E-state index contributed by atoms with van der Waals surface area (Å²) < 4.78 is 1.86. The number of nitrogens with zero attached hydrogens (tertiary/aromatic N) is 5. The van der Waals surface area contributed by atoms with Gasteiger partial charge in [-0.1, -0.05) is 36.4 Å². The molecule has 2 aromatic heterocycles. The van der Waals surface area contributed by atoms with Gasteiger partial charge in [-0.25, -0.2) is 9.67 Å². The summed E-state index contributed by atoms with van der Waals surface area (Å²) in [6.07, 6.45) is 10.4. The lowest BCUT2D eigenvalue weighted by Gasteiger charge is -2.52. The molecule has 4 aromatic rings. The number of hydrogen-bond acceptors (Lipinski definition) is 5. The summed E-state index contributed by atoms with van der Waals surface area (Å²) in [5, 5.41) is 16.6. The Bertz CT molecular complexity index is 1290. The maximum absolute atomic E-state index is 11.1. The molecule has 0 radical (unpaired) electrons. The fourth-order valence-electron chi connectivity index (χ4n) is 6.54. The second-order valence-electron chi connectivity index (χ2n) is 10.6. The monoisotopic (exact) mass is 484 g/mol. The van der Waals surface area contributed by atoms with Gasteiger partial charge in [0.2, 0.25) is 0 Å². The van der Waals surface area contributed by atoms with Crippen molar-refractivity contribution in [3.05, 3.63) is 84.1 Å². The van der Waals surface area contributed by atoms with Crippen molar-refractivity contribution in [1.82, 2.24) is 29.5 Å². The van der Waals surface area contributed by atoms with Crippen molar-refractivity contribution in [2.75, 3.05) is 19.6 Å². The highest BCUT2D eigenvalue weighted by molar-refractivity contribution is 5.83. The molecular weight excluding hydrogens is 448 g/mol. The van der Waals surface area contributed by atoms with Crippen molar-refractivity contribution in [3.8, 4) is 0 Å². The molecule has 7 heteroatoms. The van der Waals surface area contributed by atoms with Crippen molar-refractivity contribution in [3.63, 3.8) is 0 Å². The number of aromatic amines is 1. The topological polar surface area (TPSA) is 73.2 Å². The van der Waals surface area contributed by atoms with Crippen molar-refractivity contribution in [2.45, 2.75) is 63.4 Å². The maximum Gasteiger partial charge on any atom is 0.137 e. The van der Waals surface area contributed by atoms with Crippen LogP contribution in [0.15, 0.2) is 67.4 Å². The smallest absolute Gasteiger partial charge is 0.137 e. The van der Waals surface area contributed by atoms with E-state index < -0.39 is 0 Å². The molecule has 36 heavy (non-hydrogen) atoms. The first kappa shape index (κ1) is 23.4. The van der Waals surface area contributed by atoms with Crippen LogP contribution in [0.25, 0.3) is 10.9 Å². The van der Waals surface area contributed by atoms with E-state index in [1.165, 1.54) is 34.0 Å². The Labute approximate surface area is 212 Å². The lowest BCUT2D eigenvalue weighted by atomic mass is 9.88. The van der Waals surface area contributed by atoms with Crippen LogP contribution in [-0.2, 0) is 13.0 Å². The molecule has 0 amide bonds. The van der Waals surface area contributed by atoms with Crippen LogP contribution in [0.5, 0.6) is 0 Å². The first-order chi connectivity index (χ1) is 17.6. The van der Waals surface area contributed by atoms with E-state index in [-0.39, 0.29) is 17.8 Å². The molecule has 2 aromatic carbocycles. The third-order valence-corrected chi connectivity index (χ3v) is 8.41. The number of aliphatic hydroxyl groups is 1. The van der Waals surface area contributed by atoms with E-state index in [0.29, 0.717) is 0 Å². The zero-order valence-corrected chi connectivity index (χ0v) is 21.1. The third-order valence-electron chi connectivity index (χ3n) is 8.41. The highest BCUT2D eigenvalue weighted by Crippen LogP contribution is 2.42. The number of rotatable bonds is 7. The standard InChI is InChI=1S/C29H36N6O/c1-29(35-15-5-9-27(36)28(35)23-7-3-2-4-8-23)13-6-14-33(29)16-12-24-18-31-26-11-10-22(17-25(24)26)19-34-21-30-20-32-34/h2-4,7-8,10-11,17-18,20-21,27-28,31,36H,5-6,9,12-16,19H2,1H3/t27-,28-,29?/m1/s1. The summed E-state index contributed by atoms with van der Waals surface area (Å²) >= 11 is 0. The second-order valence-corrected chi connectivity index (χ2v) is 10.6. The average Bonchev–Trinajstić information content (AvgIpc) is 3.64. The van der Waals surface area contributed by atoms with Gasteiger partial charge in [-0.05, 0) is 67.9 Å². The van der Waals surface area contributed by atoms with Crippen LogP contribution in [-0.4, -0.2) is 66.1 Å². The Balaban J connectivity index is 1.22. The van der Waals surface area contributed by atoms with Crippen molar-refractivity contribution >= 4 is 10.9 Å². The first-order valence-electron chi connectivity index (χ1n) is 13.3. The number of H-pyrrole nitrogens is 1. The van der Waals surface area contributed by atoms with Crippen molar-refractivity contribution < 1.29 is 5.11 Å². The molecule has 0 saturated carbocycles. The summed E-state index contributed by atoms with van der Waals surface area (Å²) in [5.74, 6) is 0. The van der Waals surface area contributed by atoms with E-state index in [1.54, 1.807) is 12.7 Å². The molecule has 2 aliphatic rings. The third kappa shape index (κ3) is 4.36. The normalized spacial score (nSPS) is 25.6. The van der Waals surface area contributed by atoms with Gasteiger partial charge >= 0.3 is 0 Å². The van der Waals surface area contributed by atoms with E-state index in [1.807, 2.05) is 4.68 Å². The largest absolute Gasteiger partial charge is 0.391 e. The van der Waals surface area contributed by atoms with E-state index in [0.717, 1.165) is 51.9 Å². The highest BCUT2D eigenvalue weighted by atomic mass is 16.3. The Morgan fingerprint density at radius 1 is 1.11 bits per heavy atom. The predicted octanol–water partition coefficient (Wildman–Crippen LogP) is 4.36. The molecule has 7 nitrogen and oxygen atoms in total. The van der Waals surface area contributed by atoms with E-state index in [2.05, 4.69) is 86.5 Å². The molecule has 2 fully saturated rings. The van der Waals surface area contributed by atoms with Gasteiger partial charge in [0.15, 0.2) is 0 Å². The van der Waals surface area contributed by atoms with Gasteiger partial charge in [0, 0.05) is 36.7 Å². The van der Waals surface area contributed by atoms with Gasteiger partial charge in [-0.2, -0.15) is 5.10 Å². The van der Waals surface area contributed by atoms with Crippen LogP contribution in [0, 0.1) is 0 Å². The van der Waals surface area contributed by atoms with E-state index in [9.17, 15) is 5.11 Å². The predicted molar refractivity (Wildman–Crippen MR) is 141 cm³/mol. The molecule has 0 aliphatic carbocycles. The van der Waals surface area contributed by atoms with Crippen LogP contribution in [0.4, 0.5) is 0 Å². The van der Waals surface area contributed by atoms with Crippen LogP contribution in [0.2, 0.25) is 0 Å². The van der Waals surface area contributed by atoms with Crippen LogP contribution >= 0.6 is 0 Å². The average molecular weight is 485 g/mol. The summed E-state index contributed by atoms with van der Waals surface area (Å²) in [7, 11) is 0. The molecule has 1 unspecified atom stereocenters. The maximum atomic E-state index is 11.1. The van der Waals surface area contributed by atoms with Gasteiger partial charge in [-0.15, -0.1) is 0 Å². The summed E-state index contributed by atoms with van der Waals surface area (Å²) in [5.41, 5.74) is 4.95. The Morgan fingerprint density at radius 3 is 2.83 bits per heavy atom. The Morgan fingerprint density at radius 2 is 2.00 bits per heavy atom. The second kappa shape index (κ2) is 9.81. The van der Waals surface area contributed by atoms with Crippen molar-refractivity contribution in [1.29, 1.82) is 0 Å². The highest BCUT2D eigenvalue weighted by Gasteiger charge is 2.47. The SMILES string of the molecule is CC1(N2CCC[C@@H](O)[C@H]2c2ccccc2)CCCN1CCc1c[nH]c2ccc(Cn3cncn3)cc12. The number of fused-ring (bicyclic) bond motifs is 1. The fourth-order valence-corrected chi connectivity index (χ4v) is 6.54. The summed E-state index contributed by atoms with van der Waals surface area (Å²) in [4.78, 5) is 12.8. The Kier molecular flexibility index (Phi) is 6.37. The molecule has 4 heterocycles. The molecule has 6 rings (SSSR count). The van der Waals surface area contributed by atoms with E-state index in [4.69, 9.17) is 0 Å². The zero-order valence-electron chi connectivity index (χ0n) is 21.1. The number of aliphatic hydroxyl groups excluding tert-OH is 1. The lowest BCUT2D eigenvalue weighted by molar-refractivity contribution is -0.101. The molecule has 0 spiro atoms. The molecular formula is C29H36N6O. The molecule has 3 atom stereocenters. The number of nitrogens with one attached hydrogen (secondary N) is 1. The minimum Gasteiger partial charge on any atom is -0.391 e. The number of likely N-dealkylation sites (tertiary alicyclic amines) is 2. The number of aromatic nitrogens is 4. The number of piperidine rings is 1. The van der Waals surface area contributed by atoms with Gasteiger partial charge in [0.25, 0.3) is 0 Å². The molecule has 188 valence electrons. The Hall–Kier alpha value is -3.00. The van der Waals surface area contributed by atoms with E-state index >= 15 is 0 Å². The van der Waals surface area contributed by atoms with Crippen LogP contribution in [0.1, 0.15) is 55.3 Å². The van der Waals surface area contributed by atoms with Crippen LogP contribution in [0.3, 0.4) is 0 Å². The quantitative estimate of drug-likeness (QED) is 0.408. The molecule has 2 N–H and O–H groups in total. The minimum atomic E-state index is -0.322. The summed E-state index contributed by atoms with van der Waals surface area (Å²) in [6.45, 7) is 6.26. The van der Waals surface area contributed by atoms with Gasteiger partial charge in [0.1, 0.15) is 12.7 Å². The number of benzene rings is 2. The van der Waals surface area contributed by atoms with Gasteiger partial charge in [-0.3, -0.25) is 9.80 Å². The number of hydrogen-bond donors (Lipinski definition) is 2. The minimum absolute atomic E-state index is 0.0493. The molecule has 2 aliphatic heterocycles. The van der Waals surface area contributed by atoms with Gasteiger partial charge < -0.3 is 10.1 Å². The zero-order chi connectivity index (χ0) is 24.5. The van der Waals surface area contributed by atoms with Crippen LogP contribution < -0.4 is 0 Å². The molecule has 2 saturated heterocycles. The first-order valence-corrected chi connectivity index (χ1v) is 13.3. The lowest BCUT2D eigenvalue weighted by Crippen LogP contribution is -2.60. The molecule has 0 bridgehead atoms. The fraction of sp³-hybridized carbons (Fsp3) is 0.448. The van der Waals surface area contributed by atoms with Gasteiger partial charge in [0.05, 0.1) is 24.4 Å².